The predicted molar refractivity (Wildman–Crippen MR) is 395 cm³/mol. The van der Waals surface area contributed by atoms with Gasteiger partial charge in [0.05, 0.1) is 16.2 Å². The standard InChI is InChI=1S/C27H22FN5O3.C24H20FN5O2.C22H19FN4O.C6H6O3/c1-3-22(34)32-9-11-33(12-10-32)27-21-15-29-25(24(28)26(21)30-16-31-27)20-14-18(36-23(35)4-2)13-17-7-5-6-8-19(17)20;1-2-20(32)29-7-9-30(10-8-29)24-19-13-26-22(21(25)23(19)27-14-28-24)18-12-16(31)11-15-5-3-4-6-17(15)18;23-19-20(17-11-15(28)10-14-6-2-3-7-16(14)17)24-12-18-21(19)25-13-26-22(18)27-8-4-1-5-9-27;1-3-5(7)9-6(8)4-2/h3-8,13-16H,1-2,9-12H2;2-6,11-14,31H,1,7-10H2;2-3,6-7,10-13,28H,1,4-5,8-9H2;3-4H,1-2H2. The number of esters is 3. The molecule has 3 fully saturated rings. The first kappa shape index (κ1) is 71.4. The van der Waals surface area contributed by atoms with E-state index in [1.54, 1.807) is 58.7 Å². The third-order valence-electron chi connectivity index (χ3n) is 17.8. The van der Waals surface area contributed by atoms with Gasteiger partial charge < -0.3 is 44.2 Å². The Morgan fingerprint density at radius 1 is 0.381 bits per heavy atom. The number of rotatable bonds is 12. The first-order valence-electron chi connectivity index (χ1n) is 33.3. The largest absolute Gasteiger partial charge is 0.508 e. The molecule has 12 aromatic rings. The molecule has 0 saturated carbocycles. The van der Waals surface area contributed by atoms with Crippen molar-refractivity contribution in [3.05, 3.63) is 227 Å². The van der Waals surface area contributed by atoms with Crippen molar-refractivity contribution < 1.29 is 56.8 Å². The van der Waals surface area contributed by atoms with Gasteiger partial charge in [0.25, 0.3) is 0 Å². The normalized spacial score (nSPS) is 13.5. The highest BCUT2D eigenvalue weighted by Crippen LogP contribution is 2.40. The van der Waals surface area contributed by atoms with E-state index in [2.05, 4.69) is 87.4 Å². The van der Waals surface area contributed by atoms with Crippen molar-refractivity contribution >= 4 is 112 Å². The van der Waals surface area contributed by atoms with Crippen molar-refractivity contribution in [2.24, 2.45) is 0 Å². The summed E-state index contributed by atoms with van der Waals surface area (Å²) >= 11 is 0. The summed E-state index contributed by atoms with van der Waals surface area (Å²) in [6, 6.07) is 32.0. The SMILES string of the molecule is C=CC(=O)N1CCN(c2ncnc3c(F)c(-c4cc(O)cc5ccccc45)ncc23)CC1.C=CC(=O)OC(=O)C=C.C=CC(=O)Oc1cc(-c2ncc3c(N4CCN(C(=O)C=C)CC4)ncnc3c2F)c2ccccc2c1.Oc1cc(-c2ncc3c(N4CCCCC4)ncnc3c2F)c2ccccc2c1. The van der Waals surface area contributed by atoms with Crippen LogP contribution in [0.2, 0.25) is 0 Å². The Morgan fingerprint density at radius 2 is 0.724 bits per heavy atom. The van der Waals surface area contributed by atoms with Gasteiger partial charge in [-0.25, -0.2) is 57.5 Å². The van der Waals surface area contributed by atoms with Crippen LogP contribution >= 0.6 is 0 Å². The Bertz CT molecular complexity index is 5430. The molecule has 0 atom stereocenters. The number of anilines is 3. The maximum atomic E-state index is 15.9. The summed E-state index contributed by atoms with van der Waals surface area (Å²) in [7, 11) is 0. The van der Waals surface area contributed by atoms with Crippen LogP contribution in [0.15, 0.2) is 210 Å². The third kappa shape index (κ3) is 15.4. The first-order valence-corrected chi connectivity index (χ1v) is 33.3. The van der Waals surface area contributed by atoms with Crippen molar-refractivity contribution in [3.63, 3.8) is 0 Å². The number of hydrogen-bond donors (Lipinski definition) is 2. The van der Waals surface area contributed by atoms with Crippen LogP contribution in [-0.4, -0.2) is 160 Å². The number of halogens is 3. The van der Waals surface area contributed by atoms with Crippen molar-refractivity contribution in [2.45, 2.75) is 19.3 Å². The molecule has 0 aliphatic carbocycles. The molecule has 0 spiro atoms. The van der Waals surface area contributed by atoms with Gasteiger partial charge in [-0.1, -0.05) is 106 Å². The van der Waals surface area contributed by atoms with Gasteiger partial charge in [0.2, 0.25) is 11.8 Å². The number of hydrogen-bond acceptors (Lipinski definition) is 21. The highest BCUT2D eigenvalue weighted by Gasteiger charge is 2.28. The number of piperidine rings is 1. The topological polar surface area (TPSA) is 276 Å². The van der Waals surface area contributed by atoms with Crippen LogP contribution in [0.25, 0.3) is 98.8 Å². The van der Waals surface area contributed by atoms with Crippen molar-refractivity contribution in [2.75, 3.05) is 80.1 Å². The zero-order valence-electron chi connectivity index (χ0n) is 56.6. The lowest BCUT2D eigenvalue weighted by Gasteiger charge is -2.35. The molecule has 0 unspecified atom stereocenters. The number of aromatic hydroxyl groups is 2. The number of aromatic nitrogens is 9. The maximum Gasteiger partial charge on any atom is 0.338 e. The summed E-state index contributed by atoms with van der Waals surface area (Å²) in [5.74, 6) is -1.78. The summed E-state index contributed by atoms with van der Waals surface area (Å²) in [6.45, 7) is 22.7. The average Bonchev–Trinajstić information content (AvgIpc) is 0.771. The van der Waals surface area contributed by atoms with E-state index in [1.165, 1.54) is 43.6 Å². The minimum atomic E-state index is -0.764. The number of carbonyl (C=O) groups excluding carboxylic acids is 5. The van der Waals surface area contributed by atoms with E-state index in [0.717, 1.165) is 82.3 Å². The zero-order valence-corrected chi connectivity index (χ0v) is 56.6. The highest BCUT2D eigenvalue weighted by molar-refractivity contribution is 6.04. The lowest BCUT2D eigenvalue weighted by Crippen LogP contribution is -2.48. The second kappa shape index (κ2) is 32.1. The van der Waals surface area contributed by atoms with Gasteiger partial charge in [0, 0.05) is 119 Å². The monoisotopic (exact) mass is 1410 g/mol. The van der Waals surface area contributed by atoms with Gasteiger partial charge >= 0.3 is 17.9 Å². The van der Waals surface area contributed by atoms with E-state index in [1.807, 2.05) is 82.6 Å². The smallest absolute Gasteiger partial charge is 0.338 e. The number of pyridine rings is 3. The molecule has 105 heavy (non-hydrogen) atoms. The fourth-order valence-electron chi connectivity index (χ4n) is 12.8. The van der Waals surface area contributed by atoms with Crippen LogP contribution in [-0.2, 0) is 28.7 Å². The molecule has 0 bridgehead atoms. The molecule has 9 heterocycles. The lowest BCUT2D eigenvalue weighted by molar-refractivity contribution is -0.152. The second-order valence-electron chi connectivity index (χ2n) is 24.1. The Balaban J connectivity index is 0.000000140. The summed E-state index contributed by atoms with van der Waals surface area (Å²) in [4.78, 5) is 105. The quantitative estimate of drug-likeness (QED) is 0.0497. The number of ether oxygens (including phenoxy) is 2. The minimum absolute atomic E-state index is 0.0373. The Morgan fingerprint density at radius 3 is 1.09 bits per heavy atom. The van der Waals surface area contributed by atoms with Crippen LogP contribution in [0.3, 0.4) is 0 Å². The minimum Gasteiger partial charge on any atom is -0.508 e. The van der Waals surface area contributed by atoms with Crippen LogP contribution in [0, 0.1) is 17.5 Å². The van der Waals surface area contributed by atoms with Gasteiger partial charge in [-0.2, -0.15) is 0 Å². The van der Waals surface area contributed by atoms with Gasteiger partial charge in [0.15, 0.2) is 17.5 Å². The average molecular weight is 1410 g/mol. The van der Waals surface area contributed by atoms with Crippen molar-refractivity contribution in [1.82, 2.24) is 54.7 Å². The molecular formula is C79H67F3N14O9. The van der Waals surface area contributed by atoms with Crippen LogP contribution in [0.5, 0.6) is 17.2 Å². The molecule has 2 amide bonds. The second-order valence-corrected chi connectivity index (χ2v) is 24.1. The van der Waals surface area contributed by atoms with E-state index in [0.29, 0.717) is 96.8 Å². The molecule has 528 valence electrons. The summed E-state index contributed by atoms with van der Waals surface area (Å²) in [6.07, 6.45) is 17.8. The first-order chi connectivity index (χ1) is 51.0. The summed E-state index contributed by atoms with van der Waals surface area (Å²) in [5, 5.41) is 26.6. The number of nitrogens with zero attached hydrogens (tertiary/aromatic N) is 14. The van der Waals surface area contributed by atoms with Crippen LogP contribution in [0.4, 0.5) is 30.6 Å². The van der Waals surface area contributed by atoms with Gasteiger partial charge in [-0.05, 0) is 100 Å². The lowest BCUT2D eigenvalue weighted by atomic mass is 10.00. The molecule has 2 N–H and O–H groups in total. The highest BCUT2D eigenvalue weighted by atomic mass is 19.1. The summed E-state index contributed by atoms with van der Waals surface area (Å²) in [5.41, 5.74) is 2.46. The summed E-state index contributed by atoms with van der Waals surface area (Å²) < 4.78 is 56.5. The van der Waals surface area contributed by atoms with Crippen LogP contribution in [0.1, 0.15) is 19.3 Å². The van der Waals surface area contributed by atoms with Gasteiger partial charge in [0.1, 0.15) is 87.3 Å². The molecule has 3 aliphatic heterocycles. The van der Waals surface area contributed by atoms with E-state index in [9.17, 15) is 34.2 Å². The number of phenolic OH excluding ortho intramolecular Hbond substituents is 2. The molecule has 26 heteroatoms. The fourth-order valence-corrected chi connectivity index (χ4v) is 12.8. The van der Waals surface area contributed by atoms with Crippen molar-refractivity contribution in [1.29, 1.82) is 0 Å². The number of phenols is 2. The molecular weight excluding hydrogens is 1350 g/mol. The molecule has 3 aliphatic rings. The molecule has 6 aromatic carbocycles. The maximum absolute atomic E-state index is 15.9. The molecule has 15 rings (SSSR count). The van der Waals surface area contributed by atoms with Gasteiger partial charge in [-0.15, -0.1) is 0 Å². The van der Waals surface area contributed by atoms with E-state index >= 15 is 13.2 Å². The van der Waals surface area contributed by atoms with E-state index < -0.39 is 35.4 Å². The van der Waals surface area contributed by atoms with E-state index in [4.69, 9.17) is 4.74 Å². The molecule has 6 aromatic heterocycles. The van der Waals surface area contributed by atoms with Crippen molar-refractivity contribution in [3.8, 4) is 51.0 Å². The third-order valence-corrected chi connectivity index (χ3v) is 17.8. The Hall–Kier alpha value is -13.4. The Kier molecular flexibility index (Phi) is 21.8. The van der Waals surface area contributed by atoms with Gasteiger partial charge in [-0.3, -0.25) is 24.5 Å². The fraction of sp³-hybridized carbons (Fsp3) is 0.165. The molecule has 3 saturated heterocycles. The van der Waals surface area contributed by atoms with E-state index in [-0.39, 0.29) is 62.7 Å². The number of fused-ring (bicyclic) bond motifs is 6. The Labute approximate surface area is 598 Å². The zero-order chi connectivity index (χ0) is 73.8. The molecule has 0 radical (unpaired) electrons. The predicted octanol–water partition coefficient (Wildman–Crippen LogP) is 12.5. The number of piperazine rings is 2. The number of benzene rings is 6. The number of carbonyl (C=O) groups is 5. The van der Waals surface area contributed by atoms with Crippen LogP contribution < -0.4 is 19.4 Å². The molecule has 23 nitrogen and oxygen atoms in total. The number of amides is 2.